The molecule has 0 radical (unpaired) electrons. The van der Waals surface area contributed by atoms with Crippen LogP contribution in [-0.4, -0.2) is 92.5 Å². The number of piperazine rings is 1. The van der Waals surface area contributed by atoms with Gasteiger partial charge in [-0.1, -0.05) is 24.3 Å². The van der Waals surface area contributed by atoms with E-state index in [-0.39, 0.29) is 41.1 Å². The second kappa shape index (κ2) is 10.5. The molecule has 2 aromatic heterocycles. The van der Waals surface area contributed by atoms with Gasteiger partial charge in [0.05, 0.1) is 21.9 Å². The van der Waals surface area contributed by atoms with E-state index in [1.165, 1.54) is 11.0 Å². The number of carbonyl (C=O) groups is 1. The number of phenolic OH excluding ortho intramolecular Hbond substituents is 1. The van der Waals surface area contributed by atoms with E-state index in [4.69, 9.17) is 9.72 Å². The molecule has 42 heavy (non-hydrogen) atoms. The third kappa shape index (κ3) is 4.48. The number of aromatic nitrogens is 3. The monoisotopic (exact) mass is 636 g/mol. The van der Waals surface area contributed by atoms with E-state index in [1.807, 2.05) is 29.2 Å². The number of fused-ring (bicyclic) bond motifs is 4. The van der Waals surface area contributed by atoms with Crippen LogP contribution in [0.15, 0.2) is 41.0 Å². The minimum absolute atomic E-state index is 0.0233. The number of carboxylic acid groups (broad SMARTS) is 1. The van der Waals surface area contributed by atoms with Gasteiger partial charge < -0.3 is 24.7 Å². The summed E-state index contributed by atoms with van der Waals surface area (Å²) in [7, 11) is 2.06. The molecule has 4 aromatic rings. The van der Waals surface area contributed by atoms with E-state index in [0.29, 0.717) is 40.9 Å². The van der Waals surface area contributed by atoms with Gasteiger partial charge in [-0.25, -0.2) is 9.18 Å². The van der Waals surface area contributed by atoms with E-state index in [1.54, 1.807) is 6.20 Å². The van der Waals surface area contributed by atoms with Crippen molar-refractivity contribution in [3.8, 4) is 23.0 Å². The molecule has 3 atom stereocenters. The molecule has 3 aliphatic rings. The molecule has 0 unspecified atom stereocenters. The lowest BCUT2D eigenvalue weighted by Gasteiger charge is -2.40. The topological polar surface area (TPSA) is 115 Å². The maximum atomic E-state index is 16.6. The highest BCUT2D eigenvalue weighted by molar-refractivity contribution is 9.10. The van der Waals surface area contributed by atoms with Gasteiger partial charge in [0.2, 0.25) is 0 Å². The highest BCUT2D eigenvalue weighted by Gasteiger charge is 2.43. The van der Waals surface area contributed by atoms with Crippen LogP contribution in [0.3, 0.4) is 0 Å². The molecule has 3 fully saturated rings. The molecule has 2 aromatic carbocycles. The van der Waals surface area contributed by atoms with Gasteiger partial charge in [0.1, 0.15) is 29.4 Å². The van der Waals surface area contributed by atoms with Crippen molar-refractivity contribution in [2.24, 2.45) is 0 Å². The summed E-state index contributed by atoms with van der Waals surface area (Å²) in [6.07, 6.45) is 4.27. The summed E-state index contributed by atoms with van der Waals surface area (Å²) in [4.78, 5) is 31.5. The van der Waals surface area contributed by atoms with Gasteiger partial charge in [-0.2, -0.15) is 9.97 Å². The third-order valence-electron chi connectivity index (χ3n) is 8.94. The molecule has 218 valence electrons. The smallest absolute Gasteiger partial charge is 0.407 e. The molecule has 12 heteroatoms. The summed E-state index contributed by atoms with van der Waals surface area (Å²) in [5.41, 5.74) is 0.566. The molecule has 7 rings (SSSR count). The Labute approximate surface area is 249 Å². The molecule has 3 aliphatic heterocycles. The van der Waals surface area contributed by atoms with Crippen LogP contribution in [0.25, 0.3) is 32.9 Å². The Morgan fingerprint density at radius 1 is 1.12 bits per heavy atom. The van der Waals surface area contributed by atoms with Crippen molar-refractivity contribution in [2.75, 3.05) is 38.2 Å². The fraction of sp³-hybridized carbons (Fsp3) is 0.400. The number of likely N-dealkylation sites (N-methyl/N-ethyl adjacent to an activating group) is 1. The van der Waals surface area contributed by atoms with Crippen molar-refractivity contribution in [1.82, 2.24) is 24.8 Å². The van der Waals surface area contributed by atoms with E-state index in [9.17, 15) is 15.0 Å². The number of nitrogens with zero attached hydrogens (tertiary/aromatic N) is 6. The van der Waals surface area contributed by atoms with Crippen molar-refractivity contribution in [3.05, 3.63) is 46.8 Å². The Bertz CT molecular complexity index is 1710. The van der Waals surface area contributed by atoms with Crippen molar-refractivity contribution in [2.45, 2.75) is 43.8 Å². The average molecular weight is 638 g/mol. The normalized spacial score (nSPS) is 22.4. The second-order valence-electron chi connectivity index (χ2n) is 11.4. The lowest BCUT2D eigenvalue weighted by Crippen LogP contribution is -2.55. The Morgan fingerprint density at radius 2 is 1.86 bits per heavy atom. The van der Waals surface area contributed by atoms with Crippen LogP contribution in [-0.2, 0) is 0 Å². The fourth-order valence-corrected chi connectivity index (χ4v) is 7.25. The SMILES string of the molecule is CN1CCC[C@H]1COc1nc(N2C[C@H]3CC[C@@H](C2)N3C(=O)O)c2cnc(-c3cc(O)c(Br)c4ccccc34)c(F)c2n1. The zero-order valence-electron chi connectivity index (χ0n) is 23.0. The number of hydrogen-bond donors (Lipinski definition) is 2. The number of amides is 1. The quantitative estimate of drug-likeness (QED) is 0.303. The molecule has 1 amide bonds. The van der Waals surface area contributed by atoms with Crippen molar-refractivity contribution in [1.29, 1.82) is 0 Å². The highest BCUT2D eigenvalue weighted by atomic mass is 79.9. The van der Waals surface area contributed by atoms with Gasteiger partial charge in [-0.15, -0.1) is 0 Å². The lowest BCUT2D eigenvalue weighted by molar-refractivity contribution is 0.114. The van der Waals surface area contributed by atoms with Gasteiger partial charge in [0.15, 0.2) is 5.82 Å². The number of rotatable bonds is 5. The summed E-state index contributed by atoms with van der Waals surface area (Å²) >= 11 is 3.44. The summed E-state index contributed by atoms with van der Waals surface area (Å²) in [5, 5.41) is 22.3. The zero-order valence-corrected chi connectivity index (χ0v) is 24.6. The van der Waals surface area contributed by atoms with Crippen LogP contribution in [0.2, 0.25) is 0 Å². The van der Waals surface area contributed by atoms with Crippen LogP contribution in [0.1, 0.15) is 25.7 Å². The molecular weight excluding hydrogens is 607 g/mol. The lowest BCUT2D eigenvalue weighted by atomic mass is 10.00. The predicted molar refractivity (Wildman–Crippen MR) is 160 cm³/mol. The van der Waals surface area contributed by atoms with E-state index in [0.717, 1.165) is 43.0 Å². The standard InChI is InChI=1S/C30H30BrFN6O4/c1-36-10-4-5-18(36)15-42-29-34-27-22(28(35-29)37-13-16-8-9-17(14-37)38(16)30(40)41)12-33-26(25(27)32)21-11-23(39)24(31)20-7-3-2-6-19(20)21/h2-3,6-7,11-12,16-18,39H,4-5,8-10,13-15H2,1H3,(H,40,41)/t16-,17+,18-/m0/s1. The van der Waals surface area contributed by atoms with Crippen molar-refractivity contribution in [3.63, 3.8) is 0 Å². The minimum Gasteiger partial charge on any atom is -0.507 e. The zero-order chi connectivity index (χ0) is 29.1. The van der Waals surface area contributed by atoms with E-state index >= 15 is 4.39 Å². The summed E-state index contributed by atoms with van der Waals surface area (Å²) in [5.74, 6) is -0.180. The average Bonchev–Trinajstić information content (AvgIpc) is 3.52. The number of anilines is 1. The van der Waals surface area contributed by atoms with Crippen LogP contribution >= 0.6 is 15.9 Å². The number of likely N-dealkylation sites (tertiary alicyclic amines) is 1. The fourth-order valence-electron chi connectivity index (χ4n) is 6.79. The molecular formula is C30H30BrFN6O4. The number of pyridine rings is 1. The molecule has 3 saturated heterocycles. The van der Waals surface area contributed by atoms with Gasteiger partial charge in [0.25, 0.3) is 0 Å². The third-order valence-corrected chi connectivity index (χ3v) is 9.77. The van der Waals surface area contributed by atoms with Crippen LogP contribution in [0.5, 0.6) is 11.8 Å². The van der Waals surface area contributed by atoms with Gasteiger partial charge in [0, 0.05) is 36.3 Å². The molecule has 0 aliphatic carbocycles. The second-order valence-corrected chi connectivity index (χ2v) is 12.2. The van der Waals surface area contributed by atoms with Crippen LogP contribution < -0.4 is 9.64 Å². The summed E-state index contributed by atoms with van der Waals surface area (Å²) in [6, 6.07) is 8.86. The van der Waals surface area contributed by atoms with Crippen molar-refractivity contribution < 1.29 is 24.1 Å². The van der Waals surface area contributed by atoms with Gasteiger partial charge >= 0.3 is 12.1 Å². The predicted octanol–water partition coefficient (Wildman–Crippen LogP) is 5.26. The Balaban J connectivity index is 1.35. The number of hydrogen-bond acceptors (Lipinski definition) is 8. The van der Waals surface area contributed by atoms with Crippen LogP contribution in [0, 0.1) is 5.82 Å². The first-order chi connectivity index (χ1) is 20.3. The maximum absolute atomic E-state index is 16.6. The highest BCUT2D eigenvalue weighted by Crippen LogP contribution is 2.42. The minimum atomic E-state index is -0.915. The molecule has 10 nitrogen and oxygen atoms in total. The molecule has 0 saturated carbocycles. The van der Waals surface area contributed by atoms with Gasteiger partial charge in [-0.05, 0) is 66.7 Å². The molecule has 0 spiro atoms. The Hall–Kier alpha value is -3.77. The summed E-state index contributed by atoms with van der Waals surface area (Å²) < 4.78 is 23.2. The summed E-state index contributed by atoms with van der Waals surface area (Å²) in [6.45, 7) is 2.25. The van der Waals surface area contributed by atoms with Crippen LogP contribution in [0.4, 0.5) is 15.0 Å². The largest absolute Gasteiger partial charge is 0.507 e. The van der Waals surface area contributed by atoms with E-state index in [2.05, 4.69) is 37.8 Å². The molecule has 2 N–H and O–H groups in total. The molecule has 5 heterocycles. The first kappa shape index (κ1) is 27.1. The number of benzene rings is 2. The number of halogens is 2. The van der Waals surface area contributed by atoms with Crippen molar-refractivity contribution >= 4 is 49.5 Å². The first-order valence-electron chi connectivity index (χ1n) is 14.2. The maximum Gasteiger partial charge on any atom is 0.407 e. The van der Waals surface area contributed by atoms with Gasteiger partial charge in [-0.3, -0.25) is 9.88 Å². The number of aromatic hydroxyl groups is 1. The first-order valence-corrected chi connectivity index (χ1v) is 15.0. The Kier molecular flexibility index (Phi) is 6.77. The molecule has 2 bridgehead atoms. The number of phenols is 1. The Morgan fingerprint density at radius 3 is 2.55 bits per heavy atom. The number of ether oxygens (including phenoxy) is 1. The van der Waals surface area contributed by atoms with E-state index < -0.39 is 11.9 Å².